The van der Waals surface area contributed by atoms with E-state index in [9.17, 15) is 18.7 Å². The van der Waals surface area contributed by atoms with E-state index in [1.807, 2.05) is 0 Å². The minimum Gasteiger partial charge on any atom is -0.380 e. The van der Waals surface area contributed by atoms with Crippen molar-refractivity contribution in [2.75, 3.05) is 6.54 Å². The number of fused-ring (bicyclic) bond motifs is 1. The first kappa shape index (κ1) is 17.1. The average molecular weight is 358 g/mol. The molecule has 4 rings (SSSR count). The van der Waals surface area contributed by atoms with Gasteiger partial charge in [-0.25, -0.2) is 8.78 Å². The Morgan fingerprint density at radius 2 is 1.50 bits per heavy atom. The molecule has 4 nitrogen and oxygen atoms in total. The molecule has 0 bridgehead atoms. The Hall–Kier alpha value is -2.31. The van der Waals surface area contributed by atoms with Crippen LogP contribution < -0.4 is 11.1 Å². The SMILES string of the molecule is NC(=O)C1(O)CC2CNC(c3ccc(F)cc3)(c3ccc(F)cc3)C2C1. The predicted molar refractivity (Wildman–Crippen MR) is 91.9 cm³/mol. The highest BCUT2D eigenvalue weighted by Crippen LogP contribution is 2.54. The first-order valence-electron chi connectivity index (χ1n) is 8.64. The van der Waals surface area contributed by atoms with Crippen LogP contribution in [0.2, 0.25) is 0 Å². The van der Waals surface area contributed by atoms with Gasteiger partial charge in [-0.2, -0.15) is 0 Å². The van der Waals surface area contributed by atoms with Crippen molar-refractivity contribution in [2.24, 2.45) is 17.6 Å². The van der Waals surface area contributed by atoms with Crippen molar-refractivity contribution in [3.05, 3.63) is 71.3 Å². The van der Waals surface area contributed by atoms with Crippen LogP contribution in [0.5, 0.6) is 0 Å². The van der Waals surface area contributed by atoms with Crippen LogP contribution in [0.15, 0.2) is 48.5 Å². The number of primary amides is 1. The third-order valence-corrected chi connectivity index (χ3v) is 5.98. The quantitative estimate of drug-likeness (QED) is 0.786. The van der Waals surface area contributed by atoms with E-state index in [1.54, 1.807) is 24.3 Å². The zero-order chi connectivity index (χ0) is 18.5. The molecule has 4 N–H and O–H groups in total. The molecule has 26 heavy (non-hydrogen) atoms. The molecule has 3 atom stereocenters. The highest BCUT2D eigenvalue weighted by Gasteiger charge is 2.60. The molecule has 2 fully saturated rings. The fraction of sp³-hybridized carbons (Fsp3) is 0.350. The number of hydrogen-bond acceptors (Lipinski definition) is 3. The summed E-state index contributed by atoms with van der Waals surface area (Å²) in [5, 5.41) is 14.2. The highest BCUT2D eigenvalue weighted by molar-refractivity contribution is 5.83. The molecule has 1 aliphatic carbocycles. The molecule has 6 heteroatoms. The van der Waals surface area contributed by atoms with Crippen LogP contribution in [0.3, 0.4) is 0 Å². The molecule has 1 heterocycles. The van der Waals surface area contributed by atoms with Crippen LogP contribution in [0.4, 0.5) is 8.78 Å². The molecule has 136 valence electrons. The summed E-state index contributed by atoms with van der Waals surface area (Å²) >= 11 is 0. The summed E-state index contributed by atoms with van der Waals surface area (Å²) in [6.45, 7) is 0.578. The molecule has 1 saturated heterocycles. The van der Waals surface area contributed by atoms with E-state index >= 15 is 0 Å². The smallest absolute Gasteiger partial charge is 0.249 e. The Kier molecular flexibility index (Phi) is 3.86. The number of amides is 1. The van der Waals surface area contributed by atoms with Crippen molar-refractivity contribution >= 4 is 5.91 Å². The highest BCUT2D eigenvalue weighted by atomic mass is 19.1. The number of rotatable bonds is 3. The van der Waals surface area contributed by atoms with Crippen molar-refractivity contribution < 1.29 is 18.7 Å². The number of halogens is 2. The van der Waals surface area contributed by atoms with E-state index in [2.05, 4.69) is 5.32 Å². The molecular weight excluding hydrogens is 338 g/mol. The van der Waals surface area contributed by atoms with Crippen LogP contribution in [-0.2, 0) is 10.3 Å². The first-order chi connectivity index (χ1) is 12.3. The summed E-state index contributed by atoms with van der Waals surface area (Å²) in [7, 11) is 0. The number of nitrogens with two attached hydrogens (primary N) is 1. The normalized spacial score (nSPS) is 29.5. The second-order valence-electron chi connectivity index (χ2n) is 7.37. The second kappa shape index (κ2) is 5.86. The van der Waals surface area contributed by atoms with Gasteiger partial charge in [0.15, 0.2) is 0 Å². The Balaban J connectivity index is 1.86. The van der Waals surface area contributed by atoms with E-state index in [0.717, 1.165) is 11.1 Å². The van der Waals surface area contributed by atoms with Gasteiger partial charge in [-0.15, -0.1) is 0 Å². The van der Waals surface area contributed by atoms with Crippen LogP contribution in [0.25, 0.3) is 0 Å². The van der Waals surface area contributed by atoms with Gasteiger partial charge in [0.05, 0.1) is 5.54 Å². The molecule has 1 aliphatic heterocycles. The van der Waals surface area contributed by atoms with Gasteiger partial charge in [-0.3, -0.25) is 4.79 Å². The topological polar surface area (TPSA) is 75.4 Å². The predicted octanol–water partition coefficient (Wildman–Crippen LogP) is 2.05. The molecule has 2 aromatic rings. The van der Waals surface area contributed by atoms with E-state index in [-0.39, 0.29) is 36.3 Å². The number of hydrogen-bond donors (Lipinski definition) is 3. The molecule has 0 radical (unpaired) electrons. The summed E-state index contributed by atoms with van der Waals surface area (Å²) in [6.07, 6.45) is 0.485. The van der Waals surface area contributed by atoms with Crippen LogP contribution in [0, 0.1) is 23.5 Å². The molecule has 2 aliphatic rings. The van der Waals surface area contributed by atoms with Gasteiger partial charge in [0.25, 0.3) is 0 Å². The monoisotopic (exact) mass is 358 g/mol. The summed E-state index contributed by atoms with van der Waals surface area (Å²) in [4.78, 5) is 11.8. The van der Waals surface area contributed by atoms with Crippen molar-refractivity contribution in [3.8, 4) is 0 Å². The first-order valence-corrected chi connectivity index (χ1v) is 8.64. The fourth-order valence-corrected chi connectivity index (χ4v) is 4.76. The number of aliphatic hydroxyl groups is 1. The van der Waals surface area contributed by atoms with Crippen molar-refractivity contribution in [1.29, 1.82) is 0 Å². The fourth-order valence-electron chi connectivity index (χ4n) is 4.76. The van der Waals surface area contributed by atoms with Gasteiger partial charge in [-0.1, -0.05) is 24.3 Å². The lowest BCUT2D eigenvalue weighted by molar-refractivity contribution is -0.136. The molecule has 1 saturated carbocycles. The molecular formula is C20H20F2N2O2. The Morgan fingerprint density at radius 1 is 1.00 bits per heavy atom. The van der Waals surface area contributed by atoms with E-state index in [1.165, 1.54) is 24.3 Å². The van der Waals surface area contributed by atoms with Crippen molar-refractivity contribution in [2.45, 2.75) is 24.0 Å². The Bertz CT molecular complexity index is 792. The van der Waals surface area contributed by atoms with Gasteiger partial charge in [0.2, 0.25) is 5.91 Å². The summed E-state index contributed by atoms with van der Waals surface area (Å²) in [5.41, 5.74) is 4.76. The lowest BCUT2D eigenvalue weighted by Crippen LogP contribution is -2.47. The number of carbonyl (C=O) groups is 1. The van der Waals surface area contributed by atoms with Crippen LogP contribution >= 0.6 is 0 Å². The van der Waals surface area contributed by atoms with Gasteiger partial charge in [0.1, 0.15) is 17.2 Å². The minimum absolute atomic E-state index is 0.0302. The standard InChI is InChI=1S/C20H20F2N2O2/c21-15-5-1-13(2-6-15)20(14-3-7-16(22)8-4-14)17-10-19(26,18(23)25)9-12(17)11-24-20/h1-8,12,17,24,26H,9-11H2,(H2,23,25). The summed E-state index contributed by atoms with van der Waals surface area (Å²) in [6, 6.07) is 12.3. The number of carbonyl (C=O) groups excluding carboxylic acids is 1. The average Bonchev–Trinajstić information content (AvgIpc) is 3.13. The lowest BCUT2D eigenvalue weighted by Gasteiger charge is -2.37. The van der Waals surface area contributed by atoms with Crippen LogP contribution in [0.1, 0.15) is 24.0 Å². The van der Waals surface area contributed by atoms with Gasteiger partial charge >= 0.3 is 0 Å². The minimum atomic E-state index is -1.55. The van der Waals surface area contributed by atoms with Crippen molar-refractivity contribution in [1.82, 2.24) is 5.32 Å². The number of nitrogens with one attached hydrogen (secondary N) is 1. The summed E-state index contributed by atoms with van der Waals surface area (Å²) in [5.74, 6) is -1.52. The van der Waals surface area contributed by atoms with Gasteiger partial charge in [-0.05, 0) is 66.6 Å². The largest absolute Gasteiger partial charge is 0.380 e. The zero-order valence-electron chi connectivity index (χ0n) is 14.1. The van der Waals surface area contributed by atoms with Crippen molar-refractivity contribution in [3.63, 3.8) is 0 Å². The van der Waals surface area contributed by atoms with E-state index in [4.69, 9.17) is 5.73 Å². The van der Waals surface area contributed by atoms with Gasteiger partial charge < -0.3 is 16.2 Å². The maximum atomic E-state index is 13.5. The van der Waals surface area contributed by atoms with Crippen LogP contribution in [-0.4, -0.2) is 23.2 Å². The summed E-state index contributed by atoms with van der Waals surface area (Å²) < 4.78 is 27.0. The van der Waals surface area contributed by atoms with E-state index < -0.39 is 17.0 Å². The van der Waals surface area contributed by atoms with E-state index in [0.29, 0.717) is 6.54 Å². The maximum absolute atomic E-state index is 13.5. The Morgan fingerprint density at radius 3 is 1.96 bits per heavy atom. The molecule has 1 amide bonds. The lowest BCUT2D eigenvalue weighted by atomic mass is 9.72. The second-order valence-corrected chi connectivity index (χ2v) is 7.37. The number of benzene rings is 2. The Labute approximate surface area is 150 Å². The third-order valence-electron chi connectivity index (χ3n) is 5.98. The third kappa shape index (κ3) is 2.44. The molecule has 2 aromatic carbocycles. The maximum Gasteiger partial charge on any atom is 0.249 e. The molecule has 0 aromatic heterocycles. The molecule has 3 unspecified atom stereocenters. The van der Waals surface area contributed by atoms with Gasteiger partial charge in [0, 0.05) is 0 Å². The zero-order valence-corrected chi connectivity index (χ0v) is 14.1. The molecule has 0 spiro atoms.